The van der Waals surface area contributed by atoms with E-state index >= 15 is 0 Å². The van der Waals surface area contributed by atoms with Crippen LogP contribution in [0.15, 0.2) is 0 Å². The van der Waals surface area contributed by atoms with Crippen LogP contribution < -0.4 is 11.3 Å². The number of rotatable bonds is 4. The largest absolute Gasteiger partial charge is 0.389 e. The SMILES string of the molecule is CC1SCC(C(CCC(F)(F)F)NN)SC1C. The number of hydrogen-bond acceptors (Lipinski definition) is 4. The van der Waals surface area contributed by atoms with Crippen LogP contribution in [0.2, 0.25) is 0 Å². The van der Waals surface area contributed by atoms with E-state index < -0.39 is 12.6 Å². The first kappa shape index (κ1) is 15.5. The molecule has 102 valence electrons. The van der Waals surface area contributed by atoms with Gasteiger partial charge in [0.15, 0.2) is 0 Å². The fourth-order valence-corrected chi connectivity index (χ4v) is 4.87. The third kappa shape index (κ3) is 5.28. The van der Waals surface area contributed by atoms with E-state index in [4.69, 9.17) is 5.84 Å². The molecule has 0 radical (unpaired) electrons. The predicted octanol–water partition coefficient (Wildman–Crippen LogP) is 2.79. The molecule has 17 heavy (non-hydrogen) atoms. The van der Waals surface area contributed by atoms with Crippen LogP contribution in [-0.4, -0.2) is 33.7 Å². The summed E-state index contributed by atoms with van der Waals surface area (Å²) in [5, 5.41) is 1.18. The van der Waals surface area contributed by atoms with Gasteiger partial charge in [0.1, 0.15) is 0 Å². The van der Waals surface area contributed by atoms with Crippen LogP contribution in [0.25, 0.3) is 0 Å². The summed E-state index contributed by atoms with van der Waals surface area (Å²) in [6, 6.07) is -0.260. The minimum atomic E-state index is -4.10. The Labute approximate surface area is 109 Å². The number of alkyl halides is 3. The second-order valence-corrected chi connectivity index (χ2v) is 7.38. The molecule has 0 aromatic heterocycles. The van der Waals surface area contributed by atoms with Crippen molar-refractivity contribution in [1.82, 2.24) is 5.43 Å². The molecule has 1 fully saturated rings. The van der Waals surface area contributed by atoms with Crippen LogP contribution in [0, 0.1) is 0 Å². The molecule has 0 amide bonds. The van der Waals surface area contributed by atoms with Crippen LogP contribution >= 0.6 is 23.5 Å². The van der Waals surface area contributed by atoms with Crippen LogP contribution in [0.1, 0.15) is 26.7 Å². The first-order chi connectivity index (χ1) is 7.83. The molecule has 4 atom stereocenters. The zero-order valence-electron chi connectivity index (χ0n) is 9.96. The van der Waals surface area contributed by atoms with Gasteiger partial charge in [-0.1, -0.05) is 13.8 Å². The Hall–Kier alpha value is 0.410. The third-order valence-electron chi connectivity index (χ3n) is 2.98. The summed E-state index contributed by atoms with van der Waals surface area (Å²) in [5.41, 5.74) is 2.55. The molecule has 3 N–H and O–H groups in total. The number of hydrogen-bond donors (Lipinski definition) is 2. The van der Waals surface area contributed by atoms with E-state index in [-0.39, 0.29) is 17.7 Å². The quantitative estimate of drug-likeness (QED) is 0.616. The maximum absolute atomic E-state index is 12.2. The van der Waals surface area contributed by atoms with Crippen molar-refractivity contribution >= 4 is 23.5 Å². The van der Waals surface area contributed by atoms with Crippen LogP contribution in [0.5, 0.6) is 0 Å². The highest BCUT2D eigenvalue weighted by atomic mass is 32.2. The standard InChI is InChI=1S/C10H19F3N2S2/c1-6-7(2)17-9(5-16-6)8(15-14)3-4-10(11,12)13/h6-9,15H,3-5,14H2,1-2H3. The van der Waals surface area contributed by atoms with E-state index in [1.54, 1.807) is 11.8 Å². The van der Waals surface area contributed by atoms with E-state index in [0.717, 1.165) is 5.75 Å². The lowest BCUT2D eigenvalue weighted by Gasteiger charge is -2.35. The number of nitrogens with two attached hydrogens (primary N) is 1. The molecule has 1 saturated heterocycles. The van der Waals surface area contributed by atoms with Crippen molar-refractivity contribution in [3.8, 4) is 0 Å². The van der Waals surface area contributed by atoms with Gasteiger partial charge in [0, 0.05) is 34.0 Å². The summed E-state index contributed by atoms with van der Waals surface area (Å²) in [6.45, 7) is 4.27. The summed E-state index contributed by atoms with van der Waals surface area (Å²) in [5.74, 6) is 6.24. The summed E-state index contributed by atoms with van der Waals surface area (Å²) in [7, 11) is 0. The number of halogens is 3. The molecular weight excluding hydrogens is 269 g/mol. The second-order valence-electron chi connectivity index (χ2n) is 4.35. The Bertz CT molecular complexity index is 238. The van der Waals surface area contributed by atoms with Crippen molar-refractivity contribution in [3.63, 3.8) is 0 Å². The Morgan fingerprint density at radius 1 is 1.35 bits per heavy atom. The van der Waals surface area contributed by atoms with E-state index in [0.29, 0.717) is 10.5 Å². The number of hydrazine groups is 1. The average molecular weight is 288 g/mol. The molecule has 0 aromatic carbocycles. The molecule has 0 aromatic rings. The Kier molecular flexibility index (Phi) is 5.95. The van der Waals surface area contributed by atoms with Gasteiger partial charge in [0.05, 0.1) is 0 Å². The van der Waals surface area contributed by atoms with Gasteiger partial charge in [0.25, 0.3) is 0 Å². The van der Waals surface area contributed by atoms with Gasteiger partial charge < -0.3 is 0 Å². The van der Waals surface area contributed by atoms with Crippen molar-refractivity contribution in [2.75, 3.05) is 5.75 Å². The van der Waals surface area contributed by atoms with Crippen molar-refractivity contribution in [2.45, 2.75) is 54.7 Å². The van der Waals surface area contributed by atoms with Gasteiger partial charge in [-0.25, -0.2) is 0 Å². The Balaban J connectivity index is 2.45. The summed E-state index contributed by atoms with van der Waals surface area (Å²) < 4.78 is 36.5. The fourth-order valence-electron chi connectivity index (χ4n) is 1.71. The number of thioether (sulfide) groups is 2. The first-order valence-electron chi connectivity index (χ1n) is 5.63. The zero-order chi connectivity index (χ0) is 13.1. The minimum absolute atomic E-state index is 0.0549. The van der Waals surface area contributed by atoms with Crippen molar-refractivity contribution in [2.24, 2.45) is 5.84 Å². The first-order valence-corrected chi connectivity index (χ1v) is 7.62. The molecule has 4 unspecified atom stereocenters. The molecule has 1 aliphatic rings. The minimum Gasteiger partial charge on any atom is -0.271 e. The maximum atomic E-state index is 12.2. The molecular formula is C10H19F3N2S2. The molecule has 2 nitrogen and oxygen atoms in total. The summed E-state index contributed by atoms with van der Waals surface area (Å²) >= 11 is 3.56. The highest BCUT2D eigenvalue weighted by molar-refractivity contribution is 8.07. The average Bonchev–Trinajstić information content (AvgIpc) is 2.22. The maximum Gasteiger partial charge on any atom is 0.389 e. The molecule has 0 saturated carbocycles. The van der Waals surface area contributed by atoms with Crippen LogP contribution in [0.3, 0.4) is 0 Å². The van der Waals surface area contributed by atoms with Gasteiger partial charge in [-0.3, -0.25) is 11.3 Å². The lowest BCUT2D eigenvalue weighted by atomic mass is 10.1. The molecule has 1 rings (SSSR count). The smallest absolute Gasteiger partial charge is 0.271 e. The molecule has 0 spiro atoms. The number of nitrogens with one attached hydrogen (secondary N) is 1. The third-order valence-corrected chi connectivity index (χ3v) is 6.53. The van der Waals surface area contributed by atoms with Gasteiger partial charge in [-0.15, -0.1) is 0 Å². The van der Waals surface area contributed by atoms with E-state index in [1.807, 2.05) is 11.8 Å². The Morgan fingerprint density at radius 3 is 2.47 bits per heavy atom. The van der Waals surface area contributed by atoms with Crippen molar-refractivity contribution in [3.05, 3.63) is 0 Å². The van der Waals surface area contributed by atoms with E-state index in [9.17, 15) is 13.2 Å². The molecule has 1 aliphatic heterocycles. The fraction of sp³-hybridized carbons (Fsp3) is 1.00. The normalized spacial score (nSPS) is 32.5. The van der Waals surface area contributed by atoms with Gasteiger partial charge in [0.2, 0.25) is 0 Å². The predicted molar refractivity (Wildman–Crippen MR) is 69.2 cm³/mol. The topological polar surface area (TPSA) is 38.0 Å². The lowest BCUT2D eigenvalue weighted by molar-refractivity contribution is -0.136. The van der Waals surface area contributed by atoms with Crippen molar-refractivity contribution < 1.29 is 13.2 Å². The van der Waals surface area contributed by atoms with Crippen molar-refractivity contribution in [1.29, 1.82) is 0 Å². The van der Waals surface area contributed by atoms with Gasteiger partial charge in [-0.2, -0.15) is 36.7 Å². The molecule has 1 heterocycles. The van der Waals surface area contributed by atoms with Crippen LogP contribution in [0.4, 0.5) is 13.2 Å². The molecule has 7 heteroatoms. The zero-order valence-corrected chi connectivity index (χ0v) is 11.6. The highest BCUT2D eigenvalue weighted by Crippen LogP contribution is 2.38. The van der Waals surface area contributed by atoms with E-state index in [1.165, 1.54) is 0 Å². The second kappa shape index (κ2) is 6.54. The van der Waals surface area contributed by atoms with Gasteiger partial charge in [-0.05, 0) is 6.42 Å². The van der Waals surface area contributed by atoms with Gasteiger partial charge >= 0.3 is 6.18 Å². The van der Waals surface area contributed by atoms with Crippen LogP contribution in [-0.2, 0) is 0 Å². The summed E-state index contributed by atoms with van der Waals surface area (Å²) in [4.78, 5) is 0. The monoisotopic (exact) mass is 288 g/mol. The Morgan fingerprint density at radius 2 is 2.00 bits per heavy atom. The molecule has 0 aliphatic carbocycles. The highest BCUT2D eigenvalue weighted by Gasteiger charge is 2.34. The summed E-state index contributed by atoms with van der Waals surface area (Å²) in [6.07, 6.45) is -4.81. The molecule has 0 bridgehead atoms. The van der Waals surface area contributed by atoms with E-state index in [2.05, 4.69) is 19.3 Å². The lowest BCUT2D eigenvalue weighted by Crippen LogP contribution is -2.46.